The van der Waals surface area contributed by atoms with Gasteiger partial charge in [-0.25, -0.2) is 4.98 Å². The SMILES string of the molecule is O=C(Cc1ccccc1)Nc1nc(Cl)c2[nH]cnc2n1. The minimum Gasteiger partial charge on any atom is -0.341 e. The maximum Gasteiger partial charge on any atom is 0.233 e. The van der Waals surface area contributed by atoms with Gasteiger partial charge in [0.25, 0.3) is 0 Å². The van der Waals surface area contributed by atoms with Gasteiger partial charge >= 0.3 is 0 Å². The number of amides is 1. The van der Waals surface area contributed by atoms with Crippen molar-refractivity contribution in [1.29, 1.82) is 0 Å². The molecule has 2 heterocycles. The molecule has 1 amide bonds. The van der Waals surface area contributed by atoms with Crippen LogP contribution in [0.5, 0.6) is 0 Å². The maximum absolute atomic E-state index is 11.9. The van der Waals surface area contributed by atoms with Crippen molar-refractivity contribution in [1.82, 2.24) is 19.9 Å². The number of nitrogens with one attached hydrogen (secondary N) is 2. The normalized spacial score (nSPS) is 10.7. The number of benzene rings is 1. The van der Waals surface area contributed by atoms with Gasteiger partial charge in [-0.05, 0) is 5.56 Å². The molecule has 0 aliphatic heterocycles. The first-order valence-electron chi connectivity index (χ1n) is 5.93. The van der Waals surface area contributed by atoms with E-state index in [0.717, 1.165) is 5.56 Å². The Hall–Kier alpha value is -2.47. The zero-order valence-electron chi connectivity index (χ0n) is 10.3. The molecular formula is C13H10ClN5O. The highest BCUT2D eigenvalue weighted by atomic mass is 35.5. The van der Waals surface area contributed by atoms with Crippen molar-refractivity contribution in [2.24, 2.45) is 0 Å². The third-order valence-electron chi connectivity index (χ3n) is 2.70. The molecule has 0 radical (unpaired) electrons. The summed E-state index contributed by atoms with van der Waals surface area (Å²) in [6, 6.07) is 9.42. The number of aromatic nitrogens is 4. The Bertz CT molecular complexity index is 756. The Morgan fingerprint density at radius 2 is 2.05 bits per heavy atom. The quantitative estimate of drug-likeness (QED) is 0.723. The molecule has 6 nitrogen and oxygen atoms in total. The second-order valence-corrected chi connectivity index (χ2v) is 4.51. The van der Waals surface area contributed by atoms with Gasteiger partial charge in [0.05, 0.1) is 12.7 Å². The zero-order valence-corrected chi connectivity index (χ0v) is 11.1. The van der Waals surface area contributed by atoms with Crippen molar-refractivity contribution < 1.29 is 4.79 Å². The van der Waals surface area contributed by atoms with Crippen LogP contribution >= 0.6 is 11.6 Å². The van der Waals surface area contributed by atoms with E-state index in [-0.39, 0.29) is 23.4 Å². The largest absolute Gasteiger partial charge is 0.341 e. The fourth-order valence-electron chi connectivity index (χ4n) is 1.80. The van der Waals surface area contributed by atoms with E-state index in [9.17, 15) is 4.79 Å². The molecule has 0 aliphatic rings. The Kier molecular flexibility index (Phi) is 3.30. The van der Waals surface area contributed by atoms with E-state index in [1.807, 2.05) is 30.3 Å². The summed E-state index contributed by atoms with van der Waals surface area (Å²) < 4.78 is 0. The lowest BCUT2D eigenvalue weighted by Crippen LogP contribution is -2.16. The standard InChI is InChI=1S/C13H10ClN5O/c14-11-10-12(16-7-15-10)19-13(18-11)17-9(20)6-8-4-2-1-3-5-8/h1-5,7H,6H2,(H2,15,16,17,18,19,20). The number of carbonyl (C=O) groups is 1. The van der Waals surface area contributed by atoms with Crippen molar-refractivity contribution in [3.63, 3.8) is 0 Å². The van der Waals surface area contributed by atoms with Gasteiger partial charge in [0.2, 0.25) is 11.9 Å². The molecule has 3 aromatic rings. The number of nitrogens with zero attached hydrogens (tertiary/aromatic N) is 3. The van der Waals surface area contributed by atoms with E-state index in [2.05, 4.69) is 25.3 Å². The van der Waals surface area contributed by atoms with E-state index in [1.165, 1.54) is 6.33 Å². The number of fused-ring (bicyclic) bond motifs is 1. The van der Waals surface area contributed by atoms with Gasteiger partial charge in [-0.1, -0.05) is 41.9 Å². The van der Waals surface area contributed by atoms with Crippen molar-refractivity contribution in [3.05, 3.63) is 47.4 Å². The number of anilines is 1. The highest BCUT2D eigenvalue weighted by molar-refractivity contribution is 6.33. The molecule has 2 N–H and O–H groups in total. The summed E-state index contributed by atoms with van der Waals surface area (Å²) in [6.45, 7) is 0. The average Bonchev–Trinajstić information content (AvgIpc) is 2.88. The van der Waals surface area contributed by atoms with E-state index >= 15 is 0 Å². The van der Waals surface area contributed by atoms with Crippen LogP contribution in [0.1, 0.15) is 5.56 Å². The van der Waals surface area contributed by atoms with Crippen LogP contribution < -0.4 is 5.32 Å². The second-order valence-electron chi connectivity index (χ2n) is 4.15. The van der Waals surface area contributed by atoms with Crippen LogP contribution in [-0.4, -0.2) is 25.8 Å². The Morgan fingerprint density at radius 1 is 1.25 bits per heavy atom. The highest BCUT2D eigenvalue weighted by Crippen LogP contribution is 2.18. The van der Waals surface area contributed by atoms with Crippen LogP contribution in [0.4, 0.5) is 5.95 Å². The zero-order chi connectivity index (χ0) is 13.9. The molecule has 0 saturated heterocycles. The minimum atomic E-state index is -0.206. The van der Waals surface area contributed by atoms with Crippen LogP contribution in [0.25, 0.3) is 11.2 Å². The molecule has 100 valence electrons. The third-order valence-corrected chi connectivity index (χ3v) is 2.97. The minimum absolute atomic E-state index is 0.149. The van der Waals surface area contributed by atoms with Gasteiger partial charge in [0.1, 0.15) is 5.52 Å². The first-order chi connectivity index (χ1) is 9.72. The van der Waals surface area contributed by atoms with Crippen LogP contribution in [0.2, 0.25) is 5.15 Å². The summed E-state index contributed by atoms with van der Waals surface area (Å²) in [5.41, 5.74) is 1.88. The Morgan fingerprint density at radius 3 is 2.85 bits per heavy atom. The molecule has 0 saturated carbocycles. The van der Waals surface area contributed by atoms with Gasteiger partial charge in [0.15, 0.2) is 10.8 Å². The predicted octanol–water partition coefficient (Wildman–Crippen LogP) is 2.19. The monoisotopic (exact) mass is 287 g/mol. The van der Waals surface area contributed by atoms with Crippen molar-refractivity contribution in [2.45, 2.75) is 6.42 Å². The number of carbonyl (C=O) groups excluding carboxylic acids is 1. The van der Waals surface area contributed by atoms with Gasteiger partial charge in [-0.15, -0.1) is 0 Å². The molecule has 20 heavy (non-hydrogen) atoms. The molecular weight excluding hydrogens is 278 g/mol. The molecule has 0 spiro atoms. The first kappa shape index (κ1) is 12.6. The molecule has 1 aromatic carbocycles. The lowest BCUT2D eigenvalue weighted by molar-refractivity contribution is -0.115. The third kappa shape index (κ3) is 2.60. The van der Waals surface area contributed by atoms with Gasteiger partial charge in [-0.2, -0.15) is 9.97 Å². The smallest absolute Gasteiger partial charge is 0.233 e. The van der Waals surface area contributed by atoms with Gasteiger partial charge in [0, 0.05) is 0 Å². The van der Waals surface area contributed by atoms with Crippen LogP contribution in [-0.2, 0) is 11.2 Å². The molecule has 0 atom stereocenters. The molecule has 0 aliphatic carbocycles. The summed E-state index contributed by atoms with van der Waals surface area (Å²) in [5.74, 6) is -0.0577. The number of rotatable bonds is 3. The lowest BCUT2D eigenvalue weighted by Gasteiger charge is -2.04. The molecule has 0 unspecified atom stereocenters. The van der Waals surface area contributed by atoms with Gasteiger partial charge in [-0.3, -0.25) is 10.1 Å². The molecule has 0 fully saturated rings. The van der Waals surface area contributed by atoms with Crippen LogP contribution in [0, 0.1) is 0 Å². The number of halogens is 1. The van der Waals surface area contributed by atoms with E-state index < -0.39 is 0 Å². The fourth-order valence-corrected chi connectivity index (χ4v) is 2.02. The average molecular weight is 288 g/mol. The molecule has 3 rings (SSSR count). The Balaban J connectivity index is 1.77. The molecule has 0 bridgehead atoms. The highest BCUT2D eigenvalue weighted by Gasteiger charge is 2.10. The summed E-state index contributed by atoms with van der Waals surface area (Å²) in [4.78, 5) is 26.8. The number of imidazole rings is 1. The van der Waals surface area contributed by atoms with Gasteiger partial charge < -0.3 is 4.98 Å². The number of H-pyrrole nitrogens is 1. The summed E-state index contributed by atoms with van der Waals surface area (Å²) >= 11 is 5.97. The van der Waals surface area contributed by atoms with Crippen molar-refractivity contribution >= 4 is 34.6 Å². The topological polar surface area (TPSA) is 83.6 Å². The lowest BCUT2D eigenvalue weighted by atomic mass is 10.1. The summed E-state index contributed by atoms with van der Waals surface area (Å²) in [6.07, 6.45) is 1.72. The molecule has 2 aromatic heterocycles. The Labute approximate surface area is 119 Å². The van der Waals surface area contributed by atoms with E-state index in [1.54, 1.807) is 0 Å². The maximum atomic E-state index is 11.9. The van der Waals surface area contributed by atoms with Crippen LogP contribution in [0.3, 0.4) is 0 Å². The predicted molar refractivity (Wildman–Crippen MR) is 75.5 cm³/mol. The van der Waals surface area contributed by atoms with Crippen molar-refractivity contribution in [3.8, 4) is 0 Å². The number of aromatic amines is 1. The van der Waals surface area contributed by atoms with E-state index in [4.69, 9.17) is 11.6 Å². The van der Waals surface area contributed by atoms with Crippen molar-refractivity contribution in [2.75, 3.05) is 5.32 Å². The summed E-state index contributed by atoms with van der Waals surface area (Å²) in [7, 11) is 0. The first-order valence-corrected chi connectivity index (χ1v) is 6.30. The van der Waals surface area contributed by atoms with E-state index in [0.29, 0.717) is 11.2 Å². The molecule has 7 heteroatoms. The second kappa shape index (κ2) is 5.26. The van der Waals surface area contributed by atoms with Crippen LogP contribution in [0.15, 0.2) is 36.7 Å². The fraction of sp³-hybridized carbons (Fsp3) is 0.0769. The number of hydrogen-bond donors (Lipinski definition) is 2. The summed E-state index contributed by atoms with van der Waals surface area (Å²) in [5, 5.41) is 2.84. The number of hydrogen-bond acceptors (Lipinski definition) is 4.